The van der Waals surface area contributed by atoms with Crippen molar-refractivity contribution in [3.63, 3.8) is 0 Å². The minimum absolute atomic E-state index is 0.0341. The van der Waals surface area contributed by atoms with Crippen molar-refractivity contribution >= 4 is 37.3 Å². The van der Waals surface area contributed by atoms with Crippen LogP contribution in [0.4, 0.5) is 0 Å². The summed E-state index contributed by atoms with van der Waals surface area (Å²) in [7, 11) is -3.36. The normalized spacial score (nSPS) is 21.7. The molecule has 4 nitrogen and oxygen atoms in total. The van der Waals surface area contributed by atoms with Crippen LogP contribution >= 0.6 is 27.3 Å². The van der Waals surface area contributed by atoms with E-state index in [-0.39, 0.29) is 6.10 Å². The van der Waals surface area contributed by atoms with Gasteiger partial charge >= 0.3 is 0 Å². The molecule has 0 amide bonds. The van der Waals surface area contributed by atoms with Gasteiger partial charge in [-0.3, -0.25) is 0 Å². The fourth-order valence-corrected chi connectivity index (χ4v) is 5.78. The van der Waals surface area contributed by atoms with E-state index in [0.29, 0.717) is 23.9 Å². The van der Waals surface area contributed by atoms with E-state index in [4.69, 9.17) is 4.74 Å². The summed E-state index contributed by atoms with van der Waals surface area (Å²) in [5, 5.41) is 0. The van der Waals surface area contributed by atoms with Crippen molar-refractivity contribution < 1.29 is 13.2 Å². The Morgan fingerprint density at radius 3 is 2.95 bits per heavy atom. The topological polar surface area (TPSA) is 46.6 Å². The van der Waals surface area contributed by atoms with Gasteiger partial charge in [0, 0.05) is 19.7 Å². The molecule has 1 aliphatic heterocycles. The summed E-state index contributed by atoms with van der Waals surface area (Å²) in [6.07, 6.45) is 2.80. The Bertz CT molecular complexity index is 515. The molecule has 19 heavy (non-hydrogen) atoms. The van der Waals surface area contributed by atoms with Crippen LogP contribution in [0.1, 0.15) is 26.2 Å². The molecule has 1 aliphatic rings. The lowest BCUT2D eigenvalue weighted by Crippen LogP contribution is -2.43. The monoisotopic (exact) mass is 367 g/mol. The number of thiophene rings is 1. The maximum atomic E-state index is 12.5. The summed E-state index contributed by atoms with van der Waals surface area (Å²) in [6.45, 7) is 3.81. The van der Waals surface area contributed by atoms with E-state index in [1.807, 2.05) is 0 Å². The van der Waals surface area contributed by atoms with E-state index in [0.717, 1.165) is 23.0 Å². The van der Waals surface area contributed by atoms with Crippen molar-refractivity contribution in [1.82, 2.24) is 4.31 Å². The van der Waals surface area contributed by atoms with Gasteiger partial charge in [0.05, 0.1) is 9.89 Å². The van der Waals surface area contributed by atoms with Crippen LogP contribution in [0.25, 0.3) is 0 Å². The zero-order chi connectivity index (χ0) is 13.9. The summed E-state index contributed by atoms with van der Waals surface area (Å²) >= 11 is 4.56. The van der Waals surface area contributed by atoms with Gasteiger partial charge in [0.15, 0.2) is 0 Å². The van der Waals surface area contributed by atoms with Crippen molar-refractivity contribution in [3.8, 4) is 0 Å². The highest BCUT2D eigenvalue weighted by atomic mass is 79.9. The quantitative estimate of drug-likeness (QED) is 0.803. The van der Waals surface area contributed by atoms with Gasteiger partial charge in [0.1, 0.15) is 4.21 Å². The number of ether oxygens (including phenoxy) is 1. The maximum Gasteiger partial charge on any atom is 0.252 e. The van der Waals surface area contributed by atoms with Crippen LogP contribution in [0.2, 0.25) is 0 Å². The van der Waals surface area contributed by atoms with Crippen molar-refractivity contribution in [2.75, 3.05) is 19.7 Å². The Hall–Kier alpha value is 0.0500. The van der Waals surface area contributed by atoms with Crippen LogP contribution in [-0.4, -0.2) is 38.5 Å². The van der Waals surface area contributed by atoms with Crippen LogP contribution in [0, 0.1) is 0 Å². The predicted octanol–water partition coefficient (Wildman–Crippen LogP) is 3.09. The number of sulfonamides is 1. The zero-order valence-corrected chi connectivity index (χ0v) is 14.1. The lowest BCUT2D eigenvalue weighted by Gasteiger charge is -2.31. The first kappa shape index (κ1) is 15.4. The molecule has 0 saturated carbocycles. The second-order valence-corrected chi connectivity index (χ2v) is 9.18. The van der Waals surface area contributed by atoms with E-state index >= 15 is 0 Å². The Morgan fingerprint density at radius 2 is 2.32 bits per heavy atom. The number of hydrogen-bond acceptors (Lipinski definition) is 4. The number of hydrogen-bond donors (Lipinski definition) is 0. The van der Waals surface area contributed by atoms with Gasteiger partial charge in [0.2, 0.25) is 0 Å². The van der Waals surface area contributed by atoms with E-state index in [2.05, 4.69) is 22.9 Å². The third kappa shape index (κ3) is 3.78. The van der Waals surface area contributed by atoms with E-state index in [1.165, 1.54) is 11.3 Å². The lowest BCUT2D eigenvalue weighted by molar-refractivity contribution is 0.0194. The Labute approximate surface area is 126 Å². The van der Waals surface area contributed by atoms with Crippen LogP contribution in [0.3, 0.4) is 0 Å². The number of halogens is 1. The predicted molar refractivity (Wildman–Crippen MR) is 80.0 cm³/mol. The molecule has 1 aromatic rings. The molecule has 1 saturated heterocycles. The van der Waals surface area contributed by atoms with Gasteiger partial charge in [-0.1, -0.05) is 6.92 Å². The van der Waals surface area contributed by atoms with Gasteiger partial charge < -0.3 is 4.74 Å². The average Bonchev–Trinajstić information content (AvgIpc) is 2.84. The minimum atomic E-state index is -3.36. The zero-order valence-electron chi connectivity index (χ0n) is 10.8. The molecular weight excluding hydrogens is 350 g/mol. The number of nitrogens with zero attached hydrogens (tertiary/aromatic N) is 1. The highest BCUT2D eigenvalue weighted by Crippen LogP contribution is 2.30. The van der Waals surface area contributed by atoms with Crippen molar-refractivity contribution in [2.45, 2.75) is 36.5 Å². The molecule has 0 aliphatic carbocycles. The molecule has 1 fully saturated rings. The molecule has 2 rings (SSSR count). The molecule has 1 atom stereocenters. The molecule has 0 aromatic carbocycles. The molecule has 1 unspecified atom stereocenters. The van der Waals surface area contributed by atoms with Gasteiger partial charge in [-0.15, -0.1) is 11.3 Å². The summed E-state index contributed by atoms with van der Waals surface area (Å²) < 4.78 is 33.4. The molecular formula is C12H18BrNO3S2. The highest BCUT2D eigenvalue weighted by molar-refractivity contribution is 9.11. The third-order valence-corrected chi connectivity index (χ3v) is 7.00. The second kappa shape index (κ2) is 6.67. The average molecular weight is 368 g/mol. The number of rotatable bonds is 5. The van der Waals surface area contributed by atoms with Gasteiger partial charge in [0.25, 0.3) is 10.0 Å². The number of piperidine rings is 1. The fraction of sp³-hybridized carbons (Fsp3) is 0.667. The summed E-state index contributed by atoms with van der Waals surface area (Å²) in [4.78, 5) is 0. The molecule has 0 N–H and O–H groups in total. The lowest BCUT2D eigenvalue weighted by atomic mass is 10.1. The molecule has 2 heterocycles. The molecule has 1 aromatic heterocycles. The fourth-order valence-electron chi connectivity index (χ4n) is 2.11. The summed E-state index contributed by atoms with van der Waals surface area (Å²) in [5.74, 6) is 0. The molecule has 108 valence electrons. The molecule has 0 bridgehead atoms. The standard InChI is InChI=1S/C12H18BrNO3S2/c1-2-8-17-10-4-3-7-14(9-10)19(15,16)12-6-5-11(13)18-12/h5-6,10H,2-4,7-9H2,1H3. The first-order chi connectivity index (χ1) is 9.04. The molecule has 0 radical (unpaired) electrons. The summed E-state index contributed by atoms with van der Waals surface area (Å²) in [6, 6.07) is 3.42. The Morgan fingerprint density at radius 1 is 1.53 bits per heavy atom. The third-order valence-electron chi connectivity index (χ3n) is 3.04. The molecule has 0 spiro atoms. The largest absolute Gasteiger partial charge is 0.377 e. The molecule has 7 heteroatoms. The second-order valence-electron chi connectivity index (χ2n) is 4.56. The van der Waals surface area contributed by atoms with Crippen LogP contribution in [0.15, 0.2) is 20.1 Å². The Kier molecular flexibility index (Phi) is 5.42. The highest BCUT2D eigenvalue weighted by Gasteiger charge is 2.31. The smallest absolute Gasteiger partial charge is 0.252 e. The van der Waals surface area contributed by atoms with Gasteiger partial charge in [-0.05, 0) is 47.3 Å². The maximum absolute atomic E-state index is 12.5. The van der Waals surface area contributed by atoms with Crippen LogP contribution in [-0.2, 0) is 14.8 Å². The SMILES string of the molecule is CCCOC1CCCN(S(=O)(=O)c2ccc(Br)s2)C1. The van der Waals surface area contributed by atoms with Crippen molar-refractivity contribution in [2.24, 2.45) is 0 Å². The first-order valence-corrected chi connectivity index (χ1v) is 9.46. The van der Waals surface area contributed by atoms with Crippen molar-refractivity contribution in [1.29, 1.82) is 0 Å². The minimum Gasteiger partial charge on any atom is -0.377 e. The van der Waals surface area contributed by atoms with Crippen LogP contribution in [0.5, 0.6) is 0 Å². The van der Waals surface area contributed by atoms with E-state index in [1.54, 1.807) is 16.4 Å². The van der Waals surface area contributed by atoms with Crippen LogP contribution < -0.4 is 0 Å². The first-order valence-electron chi connectivity index (χ1n) is 6.41. The van der Waals surface area contributed by atoms with E-state index < -0.39 is 10.0 Å². The summed E-state index contributed by atoms with van der Waals surface area (Å²) in [5.41, 5.74) is 0. The van der Waals surface area contributed by atoms with Gasteiger partial charge in [-0.2, -0.15) is 4.31 Å². The van der Waals surface area contributed by atoms with E-state index in [9.17, 15) is 8.42 Å². The van der Waals surface area contributed by atoms with Gasteiger partial charge in [-0.25, -0.2) is 8.42 Å². The van der Waals surface area contributed by atoms with Crippen molar-refractivity contribution in [3.05, 3.63) is 15.9 Å². The Balaban J connectivity index is 2.08.